The average Bonchev–Trinajstić information content (AvgIpc) is 2.98. The molecule has 112 valence electrons. The summed E-state index contributed by atoms with van der Waals surface area (Å²) in [6.45, 7) is 6.36. The molecule has 0 spiro atoms. The Kier molecular flexibility index (Phi) is 5.37. The van der Waals surface area contributed by atoms with E-state index >= 15 is 0 Å². The van der Waals surface area contributed by atoms with E-state index in [0.29, 0.717) is 18.7 Å². The van der Waals surface area contributed by atoms with Gasteiger partial charge in [-0.3, -0.25) is 4.79 Å². The summed E-state index contributed by atoms with van der Waals surface area (Å²) in [5, 5.41) is 6.19. The topological polar surface area (TPSA) is 59.0 Å². The summed E-state index contributed by atoms with van der Waals surface area (Å²) in [5.74, 6) is 0.953. The van der Waals surface area contributed by atoms with Crippen LogP contribution in [0.15, 0.2) is 36.7 Å². The van der Waals surface area contributed by atoms with Crippen molar-refractivity contribution in [3.63, 3.8) is 0 Å². The van der Waals surface area contributed by atoms with Gasteiger partial charge in [-0.05, 0) is 31.5 Å². The maximum atomic E-state index is 11.9. The molecule has 1 aromatic carbocycles. The number of benzene rings is 1. The van der Waals surface area contributed by atoms with E-state index in [4.69, 9.17) is 0 Å². The van der Waals surface area contributed by atoms with Crippen molar-refractivity contribution in [1.29, 1.82) is 0 Å². The van der Waals surface area contributed by atoms with Crippen LogP contribution < -0.4 is 10.6 Å². The Morgan fingerprint density at radius 3 is 2.95 bits per heavy atom. The lowest BCUT2D eigenvalue weighted by molar-refractivity contribution is 0.0953. The second kappa shape index (κ2) is 7.47. The van der Waals surface area contributed by atoms with Gasteiger partial charge < -0.3 is 15.2 Å². The molecular formula is C16H22N4O. The summed E-state index contributed by atoms with van der Waals surface area (Å²) in [5.41, 5.74) is 1.59. The minimum absolute atomic E-state index is 0.0319. The third kappa shape index (κ3) is 4.08. The van der Waals surface area contributed by atoms with Gasteiger partial charge in [0.1, 0.15) is 5.82 Å². The molecule has 0 saturated carbocycles. The first-order valence-corrected chi connectivity index (χ1v) is 7.36. The molecule has 0 fully saturated rings. The lowest BCUT2D eigenvalue weighted by Crippen LogP contribution is -2.23. The van der Waals surface area contributed by atoms with Crippen LogP contribution in [0.25, 0.3) is 0 Å². The normalized spacial score (nSPS) is 10.4. The quantitative estimate of drug-likeness (QED) is 0.822. The molecule has 0 aliphatic rings. The van der Waals surface area contributed by atoms with Crippen LogP contribution in [0.1, 0.15) is 36.5 Å². The summed E-state index contributed by atoms with van der Waals surface area (Å²) in [6.07, 6.45) is 4.70. The Morgan fingerprint density at radius 2 is 2.19 bits per heavy atom. The maximum Gasteiger partial charge on any atom is 0.251 e. The Bertz CT molecular complexity index is 591. The summed E-state index contributed by atoms with van der Waals surface area (Å²) < 4.78 is 2.09. The number of imidazole rings is 1. The monoisotopic (exact) mass is 286 g/mol. The van der Waals surface area contributed by atoms with Crippen molar-refractivity contribution in [2.45, 2.75) is 33.4 Å². The SMILES string of the molecule is CCCNC(=O)c1cccc(NCc2nccn2CC)c1. The Balaban J connectivity index is 1.99. The van der Waals surface area contributed by atoms with E-state index in [2.05, 4.69) is 27.1 Å². The summed E-state index contributed by atoms with van der Waals surface area (Å²) in [6, 6.07) is 7.53. The van der Waals surface area contributed by atoms with E-state index in [1.165, 1.54) is 0 Å². The second-order valence-corrected chi connectivity index (χ2v) is 4.82. The van der Waals surface area contributed by atoms with Gasteiger partial charge in [0.2, 0.25) is 0 Å². The van der Waals surface area contributed by atoms with Crippen molar-refractivity contribution < 1.29 is 4.79 Å². The molecule has 21 heavy (non-hydrogen) atoms. The van der Waals surface area contributed by atoms with E-state index in [0.717, 1.165) is 24.5 Å². The summed E-state index contributed by atoms with van der Waals surface area (Å²) in [7, 11) is 0. The second-order valence-electron chi connectivity index (χ2n) is 4.82. The highest BCUT2D eigenvalue weighted by Gasteiger charge is 2.06. The molecule has 5 nitrogen and oxygen atoms in total. The zero-order chi connectivity index (χ0) is 15.1. The fourth-order valence-electron chi connectivity index (χ4n) is 2.09. The Hall–Kier alpha value is -2.30. The molecule has 0 atom stereocenters. The minimum Gasteiger partial charge on any atom is -0.378 e. The minimum atomic E-state index is -0.0319. The molecule has 0 radical (unpaired) electrons. The number of nitrogens with zero attached hydrogens (tertiary/aromatic N) is 2. The predicted octanol–water partition coefficient (Wildman–Crippen LogP) is 2.65. The van der Waals surface area contributed by atoms with Gasteiger partial charge >= 0.3 is 0 Å². The third-order valence-electron chi connectivity index (χ3n) is 3.25. The molecule has 0 unspecified atom stereocenters. The van der Waals surface area contributed by atoms with E-state index < -0.39 is 0 Å². The Morgan fingerprint density at radius 1 is 1.33 bits per heavy atom. The molecule has 1 amide bonds. The lowest BCUT2D eigenvalue weighted by atomic mass is 10.2. The number of aromatic nitrogens is 2. The number of anilines is 1. The van der Waals surface area contributed by atoms with Crippen LogP contribution in [0.3, 0.4) is 0 Å². The molecule has 0 saturated heterocycles. The van der Waals surface area contributed by atoms with Crippen molar-refractivity contribution >= 4 is 11.6 Å². The molecule has 0 aliphatic carbocycles. The van der Waals surface area contributed by atoms with Gasteiger partial charge in [-0.1, -0.05) is 13.0 Å². The number of carbonyl (C=O) groups is 1. The molecule has 1 aromatic heterocycles. The maximum absolute atomic E-state index is 11.9. The first-order valence-electron chi connectivity index (χ1n) is 7.36. The van der Waals surface area contributed by atoms with Crippen LogP contribution >= 0.6 is 0 Å². The highest BCUT2D eigenvalue weighted by atomic mass is 16.1. The van der Waals surface area contributed by atoms with Gasteiger partial charge in [-0.15, -0.1) is 0 Å². The molecule has 1 heterocycles. The van der Waals surface area contributed by atoms with Crippen molar-refractivity contribution in [1.82, 2.24) is 14.9 Å². The van der Waals surface area contributed by atoms with Gasteiger partial charge in [0.25, 0.3) is 5.91 Å². The highest BCUT2D eigenvalue weighted by molar-refractivity contribution is 5.95. The van der Waals surface area contributed by atoms with Gasteiger partial charge in [0, 0.05) is 36.7 Å². The van der Waals surface area contributed by atoms with Crippen molar-refractivity contribution in [3.8, 4) is 0 Å². The average molecular weight is 286 g/mol. The fraction of sp³-hybridized carbons (Fsp3) is 0.375. The standard InChI is InChI=1S/C16H22N4O/c1-3-8-18-16(21)13-6-5-7-14(11-13)19-12-15-17-9-10-20(15)4-2/h5-7,9-11,19H,3-4,8,12H2,1-2H3,(H,18,21). The number of hydrogen-bond donors (Lipinski definition) is 2. The van der Waals surface area contributed by atoms with Crippen LogP contribution in [0, 0.1) is 0 Å². The van der Waals surface area contributed by atoms with Gasteiger partial charge in [0.15, 0.2) is 0 Å². The van der Waals surface area contributed by atoms with Crippen LogP contribution in [0.2, 0.25) is 0 Å². The lowest BCUT2D eigenvalue weighted by Gasteiger charge is -2.09. The number of hydrogen-bond acceptors (Lipinski definition) is 3. The smallest absolute Gasteiger partial charge is 0.251 e. The number of carbonyl (C=O) groups excluding carboxylic acids is 1. The number of nitrogens with one attached hydrogen (secondary N) is 2. The highest BCUT2D eigenvalue weighted by Crippen LogP contribution is 2.12. The summed E-state index contributed by atoms with van der Waals surface area (Å²) >= 11 is 0. The molecule has 5 heteroatoms. The number of amides is 1. The van der Waals surface area contributed by atoms with Crippen LogP contribution in [-0.4, -0.2) is 22.0 Å². The van der Waals surface area contributed by atoms with Crippen molar-refractivity contribution in [2.75, 3.05) is 11.9 Å². The zero-order valence-electron chi connectivity index (χ0n) is 12.6. The predicted molar refractivity (Wildman–Crippen MR) is 84.3 cm³/mol. The van der Waals surface area contributed by atoms with Crippen LogP contribution in [0.5, 0.6) is 0 Å². The third-order valence-corrected chi connectivity index (χ3v) is 3.25. The fourth-order valence-corrected chi connectivity index (χ4v) is 2.09. The summed E-state index contributed by atoms with van der Waals surface area (Å²) in [4.78, 5) is 16.3. The molecule has 2 aromatic rings. The molecule has 2 N–H and O–H groups in total. The van der Waals surface area contributed by atoms with E-state index in [9.17, 15) is 4.79 Å². The first-order chi connectivity index (χ1) is 10.2. The molecule has 2 rings (SSSR count). The van der Waals surface area contributed by atoms with Crippen LogP contribution in [0.4, 0.5) is 5.69 Å². The first kappa shape index (κ1) is 15.1. The molecule has 0 bridgehead atoms. The van der Waals surface area contributed by atoms with Gasteiger partial charge in [0.05, 0.1) is 6.54 Å². The largest absolute Gasteiger partial charge is 0.378 e. The van der Waals surface area contributed by atoms with Crippen LogP contribution in [-0.2, 0) is 13.1 Å². The van der Waals surface area contributed by atoms with E-state index in [1.807, 2.05) is 37.4 Å². The molecule has 0 aliphatic heterocycles. The van der Waals surface area contributed by atoms with Gasteiger partial charge in [-0.25, -0.2) is 4.98 Å². The zero-order valence-corrected chi connectivity index (χ0v) is 12.6. The van der Waals surface area contributed by atoms with Crippen molar-refractivity contribution in [2.24, 2.45) is 0 Å². The van der Waals surface area contributed by atoms with Crippen molar-refractivity contribution in [3.05, 3.63) is 48.0 Å². The number of aryl methyl sites for hydroxylation is 1. The number of rotatable bonds is 7. The van der Waals surface area contributed by atoms with E-state index in [-0.39, 0.29) is 5.91 Å². The molecular weight excluding hydrogens is 264 g/mol. The van der Waals surface area contributed by atoms with E-state index in [1.54, 1.807) is 6.20 Å². The Labute approximate surface area is 125 Å². The van der Waals surface area contributed by atoms with Gasteiger partial charge in [-0.2, -0.15) is 0 Å².